The van der Waals surface area contributed by atoms with Crippen LogP contribution in [0.1, 0.15) is 24.8 Å². The summed E-state index contributed by atoms with van der Waals surface area (Å²) in [4.78, 5) is 37.3. The molecule has 7 heteroatoms. The van der Waals surface area contributed by atoms with Gasteiger partial charge in [0.1, 0.15) is 11.8 Å². The van der Waals surface area contributed by atoms with Crippen LogP contribution in [0.25, 0.3) is 0 Å². The Kier molecular flexibility index (Phi) is 6.38. The summed E-state index contributed by atoms with van der Waals surface area (Å²) in [5.41, 5.74) is 0.894. The highest BCUT2D eigenvalue weighted by molar-refractivity contribution is 5.86. The highest BCUT2D eigenvalue weighted by Crippen LogP contribution is 2.25. The molecule has 136 valence electrons. The number of piperidine rings is 1. The molecular formula is C18H24N2O5. The Hall–Kier alpha value is -2.57. The Labute approximate surface area is 147 Å². The molecular weight excluding hydrogens is 324 g/mol. The number of likely N-dealkylation sites (tertiary alicyclic amines) is 1. The van der Waals surface area contributed by atoms with Crippen molar-refractivity contribution in [2.24, 2.45) is 5.92 Å². The van der Waals surface area contributed by atoms with Crippen LogP contribution in [-0.2, 0) is 20.8 Å². The van der Waals surface area contributed by atoms with Gasteiger partial charge in [0.05, 0.1) is 13.0 Å². The molecule has 0 spiro atoms. The molecule has 2 N–H and O–H groups in total. The van der Waals surface area contributed by atoms with Gasteiger partial charge in [-0.2, -0.15) is 0 Å². The van der Waals surface area contributed by atoms with Crippen LogP contribution in [0.15, 0.2) is 24.3 Å². The van der Waals surface area contributed by atoms with Crippen molar-refractivity contribution in [3.63, 3.8) is 0 Å². The second-order valence-corrected chi connectivity index (χ2v) is 6.10. The van der Waals surface area contributed by atoms with E-state index in [1.807, 2.05) is 24.3 Å². The number of ether oxygens (including phenoxy) is 1. The van der Waals surface area contributed by atoms with E-state index in [9.17, 15) is 19.5 Å². The van der Waals surface area contributed by atoms with E-state index in [1.54, 1.807) is 14.2 Å². The van der Waals surface area contributed by atoms with Crippen LogP contribution in [-0.4, -0.2) is 54.5 Å². The fourth-order valence-corrected chi connectivity index (χ4v) is 3.22. The van der Waals surface area contributed by atoms with Crippen LogP contribution >= 0.6 is 0 Å². The van der Waals surface area contributed by atoms with Crippen LogP contribution in [0.4, 0.5) is 0 Å². The summed E-state index contributed by atoms with van der Waals surface area (Å²) in [5, 5.41) is 12.0. The van der Waals surface area contributed by atoms with Crippen molar-refractivity contribution in [3.8, 4) is 5.75 Å². The second kappa shape index (κ2) is 8.50. The molecule has 2 amide bonds. The minimum absolute atomic E-state index is 0.140. The zero-order valence-electron chi connectivity index (χ0n) is 14.5. The molecule has 0 aliphatic carbocycles. The van der Waals surface area contributed by atoms with Crippen LogP contribution in [0.5, 0.6) is 5.75 Å². The number of hydrogen-bond donors (Lipinski definition) is 2. The number of nitrogens with one attached hydrogen (secondary N) is 1. The second-order valence-electron chi connectivity index (χ2n) is 6.10. The molecule has 2 rings (SSSR count). The van der Waals surface area contributed by atoms with Gasteiger partial charge in [0.15, 0.2) is 0 Å². The Morgan fingerprint density at radius 2 is 2.00 bits per heavy atom. The Balaban J connectivity index is 2.07. The number of carbonyl (C=O) groups is 3. The number of hydrogen-bond acceptors (Lipinski definition) is 4. The largest absolute Gasteiger partial charge is 0.496 e. The van der Waals surface area contributed by atoms with E-state index < -0.39 is 12.0 Å². The summed E-state index contributed by atoms with van der Waals surface area (Å²) in [7, 11) is 3.11. The van der Waals surface area contributed by atoms with Crippen LogP contribution in [0, 0.1) is 5.92 Å². The van der Waals surface area contributed by atoms with Gasteiger partial charge in [0.25, 0.3) is 0 Å². The highest BCUT2D eigenvalue weighted by Gasteiger charge is 2.37. The SMILES string of the molecule is CNC(=O)[C@H]1CC[C@@H](C(=O)O)N(C(=O)CCc2ccccc2OC)C1. The standard InChI is InChI=1S/C18H24N2O5/c1-19-17(22)13-7-9-14(18(23)24)20(11-13)16(21)10-8-12-5-3-4-6-15(12)25-2/h3-6,13-14H,7-11H2,1-2H3,(H,19,22)(H,23,24)/t13-,14-/m0/s1. The van der Waals surface area contributed by atoms with Gasteiger partial charge >= 0.3 is 5.97 Å². The number of aliphatic carboxylic acids is 1. The summed E-state index contributed by atoms with van der Waals surface area (Å²) < 4.78 is 5.27. The zero-order chi connectivity index (χ0) is 18.4. The average Bonchev–Trinajstić information content (AvgIpc) is 2.64. The third kappa shape index (κ3) is 4.49. The fraction of sp³-hybridized carbons (Fsp3) is 0.500. The molecule has 1 aromatic rings. The first-order chi connectivity index (χ1) is 12.0. The highest BCUT2D eigenvalue weighted by atomic mass is 16.5. The van der Waals surface area contributed by atoms with Crippen molar-refractivity contribution in [2.45, 2.75) is 31.7 Å². The molecule has 1 aliphatic heterocycles. The van der Waals surface area contributed by atoms with Crippen molar-refractivity contribution < 1.29 is 24.2 Å². The average molecular weight is 348 g/mol. The molecule has 0 unspecified atom stereocenters. The maximum Gasteiger partial charge on any atom is 0.326 e. The number of nitrogens with zero attached hydrogens (tertiary/aromatic N) is 1. The lowest BCUT2D eigenvalue weighted by atomic mass is 9.91. The van der Waals surface area contributed by atoms with Crippen LogP contribution in [0.3, 0.4) is 0 Å². The Bertz CT molecular complexity index is 646. The van der Waals surface area contributed by atoms with Crippen molar-refractivity contribution in [1.29, 1.82) is 0 Å². The predicted octanol–water partition coefficient (Wildman–Crippen LogP) is 1.07. The number of carboxylic acid groups (broad SMARTS) is 1. The van der Waals surface area contributed by atoms with E-state index in [0.717, 1.165) is 5.56 Å². The van der Waals surface area contributed by atoms with Crippen molar-refractivity contribution >= 4 is 17.8 Å². The topological polar surface area (TPSA) is 95.9 Å². The summed E-state index contributed by atoms with van der Waals surface area (Å²) in [6, 6.07) is 6.55. The lowest BCUT2D eigenvalue weighted by molar-refractivity contribution is -0.154. The molecule has 1 heterocycles. The number of aryl methyl sites for hydroxylation is 1. The normalized spacial score (nSPS) is 20.0. The van der Waals surface area contributed by atoms with E-state index in [-0.39, 0.29) is 37.1 Å². The minimum Gasteiger partial charge on any atom is -0.496 e. The molecule has 25 heavy (non-hydrogen) atoms. The first-order valence-electron chi connectivity index (χ1n) is 8.33. The maximum absolute atomic E-state index is 12.6. The smallest absolute Gasteiger partial charge is 0.326 e. The van der Waals surface area contributed by atoms with E-state index in [1.165, 1.54) is 4.90 Å². The summed E-state index contributed by atoms with van der Waals surface area (Å²) in [6.45, 7) is 0.140. The van der Waals surface area contributed by atoms with Crippen molar-refractivity contribution in [1.82, 2.24) is 10.2 Å². The fourth-order valence-electron chi connectivity index (χ4n) is 3.22. The monoisotopic (exact) mass is 348 g/mol. The summed E-state index contributed by atoms with van der Waals surface area (Å²) >= 11 is 0. The molecule has 1 aliphatic rings. The maximum atomic E-state index is 12.6. The lowest BCUT2D eigenvalue weighted by Gasteiger charge is -2.36. The molecule has 1 fully saturated rings. The third-order valence-corrected chi connectivity index (χ3v) is 4.61. The van der Waals surface area contributed by atoms with Crippen LogP contribution < -0.4 is 10.1 Å². The van der Waals surface area contributed by atoms with Gasteiger partial charge in [0.2, 0.25) is 11.8 Å². The number of para-hydroxylation sites is 1. The quantitative estimate of drug-likeness (QED) is 0.802. The predicted molar refractivity (Wildman–Crippen MR) is 91.2 cm³/mol. The van der Waals surface area contributed by atoms with Crippen molar-refractivity contribution in [2.75, 3.05) is 20.7 Å². The van der Waals surface area contributed by atoms with Gasteiger partial charge < -0.3 is 20.1 Å². The lowest BCUT2D eigenvalue weighted by Crippen LogP contribution is -2.53. The van der Waals surface area contributed by atoms with E-state index in [0.29, 0.717) is 18.6 Å². The first-order valence-corrected chi connectivity index (χ1v) is 8.33. The Morgan fingerprint density at radius 1 is 1.28 bits per heavy atom. The number of amides is 2. The van der Waals surface area contributed by atoms with Gasteiger partial charge in [-0.15, -0.1) is 0 Å². The number of rotatable bonds is 6. The van der Waals surface area contributed by atoms with Crippen molar-refractivity contribution in [3.05, 3.63) is 29.8 Å². The molecule has 0 radical (unpaired) electrons. The third-order valence-electron chi connectivity index (χ3n) is 4.61. The molecule has 1 saturated heterocycles. The molecule has 0 aromatic heterocycles. The van der Waals surface area contributed by atoms with Gasteiger partial charge in [-0.05, 0) is 30.9 Å². The number of carbonyl (C=O) groups excluding carboxylic acids is 2. The number of benzene rings is 1. The zero-order valence-corrected chi connectivity index (χ0v) is 14.5. The number of methoxy groups -OCH3 is 1. The molecule has 1 aromatic carbocycles. The van der Waals surface area contributed by atoms with Gasteiger partial charge in [-0.3, -0.25) is 9.59 Å². The summed E-state index contributed by atoms with van der Waals surface area (Å²) in [5.74, 6) is -1.11. The molecule has 2 atom stereocenters. The minimum atomic E-state index is -1.03. The molecule has 0 saturated carbocycles. The first kappa shape index (κ1) is 18.8. The van der Waals surface area contributed by atoms with Gasteiger partial charge in [0, 0.05) is 20.0 Å². The molecule has 0 bridgehead atoms. The van der Waals surface area contributed by atoms with Crippen LogP contribution in [0.2, 0.25) is 0 Å². The Morgan fingerprint density at radius 3 is 2.64 bits per heavy atom. The van der Waals surface area contributed by atoms with E-state index in [2.05, 4.69) is 5.32 Å². The van der Waals surface area contributed by atoms with Gasteiger partial charge in [-0.25, -0.2) is 4.79 Å². The van der Waals surface area contributed by atoms with Gasteiger partial charge in [-0.1, -0.05) is 18.2 Å². The summed E-state index contributed by atoms with van der Waals surface area (Å²) in [6.07, 6.45) is 1.38. The molecule has 7 nitrogen and oxygen atoms in total. The number of carboxylic acids is 1. The van der Waals surface area contributed by atoms with E-state index in [4.69, 9.17) is 4.74 Å². The van der Waals surface area contributed by atoms with E-state index >= 15 is 0 Å².